The fourth-order valence-corrected chi connectivity index (χ4v) is 9.48. The highest BCUT2D eigenvalue weighted by Crippen LogP contribution is 2.63. The Bertz CT molecular complexity index is 3000. The first-order chi connectivity index (χ1) is 27.2. The minimum atomic E-state index is -0.525. The average Bonchev–Trinajstić information content (AvgIpc) is 3.75. The van der Waals surface area contributed by atoms with Crippen LogP contribution in [-0.4, -0.2) is 4.57 Å². The van der Waals surface area contributed by atoms with Gasteiger partial charge in [0.1, 0.15) is 0 Å². The van der Waals surface area contributed by atoms with Gasteiger partial charge in [0.25, 0.3) is 0 Å². The third-order valence-corrected chi connectivity index (χ3v) is 11.6. The SMILES string of the molecule is [C-]#[N+]c1ccc(C#N)cc1-c1cc(N2c3ccccc3C3(c4ccccc4-c4ccccc43)c3ccccc32)cc(-n2c3ccccc3c3ccccc32)c1. The Morgan fingerprint density at radius 2 is 1.00 bits per heavy atom. The van der Waals surface area contributed by atoms with E-state index in [1.54, 1.807) is 12.1 Å². The molecule has 0 fully saturated rings. The molecule has 0 saturated heterocycles. The lowest BCUT2D eigenvalue weighted by Crippen LogP contribution is -2.36. The molecule has 1 aliphatic carbocycles. The summed E-state index contributed by atoms with van der Waals surface area (Å²) >= 11 is 0. The van der Waals surface area contributed by atoms with Crippen molar-refractivity contribution in [3.8, 4) is 34.0 Å². The molecule has 11 rings (SSSR count). The van der Waals surface area contributed by atoms with Crippen LogP contribution in [0.25, 0.3) is 54.6 Å². The molecule has 0 bridgehead atoms. The van der Waals surface area contributed by atoms with E-state index in [4.69, 9.17) is 6.57 Å². The van der Waals surface area contributed by atoms with Crippen LogP contribution in [0.5, 0.6) is 0 Å². The number of rotatable bonds is 3. The molecule has 0 saturated carbocycles. The van der Waals surface area contributed by atoms with Crippen LogP contribution >= 0.6 is 0 Å². The maximum Gasteiger partial charge on any atom is 0.194 e. The minimum absolute atomic E-state index is 0.502. The molecule has 2 aliphatic rings. The maximum absolute atomic E-state index is 9.99. The Balaban J connectivity index is 1.25. The normalized spacial score (nSPS) is 13.2. The number of hydrogen-bond donors (Lipinski definition) is 0. The fourth-order valence-electron chi connectivity index (χ4n) is 9.48. The van der Waals surface area contributed by atoms with Crippen molar-refractivity contribution in [3.63, 3.8) is 0 Å². The van der Waals surface area contributed by atoms with Gasteiger partial charge >= 0.3 is 0 Å². The average molecular weight is 699 g/mol. The van der Waals surface area contributed by atoms with Crippen molar-refractivity contribution in [3.05, 3.63) is 221 Å². The van der Waals surface area contributed by atoms with Gasteiger partial charge in [-0.25, -0.2) is 4.85 Å². The molecule has 1 spiro atoms. The van der Waals surface area contributed by atoms with E-state index in [0.29, 0.717) is 11.3 Å². The number of benzene rings is 8. The van der Waals surface area contributed by atoms with Gasteiger partial charge in [0, 0.05) is 22.1 Å². The van der Waals surface area contributed by atoms with Crippen molar-refractivity contribution in [1.82, 2.24) is 4.57 Å². The Hall–Kier alpha value is -7.66. The van der Waals surface area contributed by atoms with E-state index in [-0.39, 0.29) is 0 Å². The molecule has 0 atom stereocenters. The number of aromatic nitrogens is 1. The van der Waals surface area contributed by atoms with Crippen LogP contribution in [-0.2, 0) is 5.41 Å². The Labute approximate surface area is 318 Å². The third-order valence-electron chi connectivity index (χ3n) is 11.6. The minimum Gasteiger partial charge on any atom is -0.310 e. The highest BCUT2D eigenvalue weighted by atomic mass is 15.2. The first-order valence-electron chi connectivity index (χ1n) is 18.4. The maximum atomic E-state index is 9.99. The number of hydrogen-bond acceptors (Lipinski definition) is 2. The second-order valence-corrected chi connectivity index (χ2v) is 14.3. The van der Waals surface area contributed by atoms with Crippen LogP contribution < -0.4 is 4.90 Å². The summed E-state index contributed by atoms with van der Waals surface area (Å²) in [5.74, 6) is 0. The predicted molar refractivity (Wildman–Crippen MR) is 223 cm³/mol. The highest BCUT2D eigenvalue weighted by molar-refractivity contribution is 6.09. The zero-order valence-corrected chi connectivity index (χ0v) is 29.6. The first kappa shape index (κ1) is 30.9. The summed E-state index contributed by atoms with van der Waals surface area (Å²) in [5, 5.41) is 12.3. The molecule has 4 nitrogen and oxygen atoms in total. The van der Waals surface area contributed by atoms with Crippen molar-refractivity contribution in [2.45, 2.75) is 5.41 Å². The summed E-state index contributed by atoms with van der Waals surface area (Å²) in [7, 11) is 0. The van der Waals surface area contributed by atoms with Gasteiger partial charge in [0.05, 0.1) is 46.0 Å². The van der Waals surface area contributed by atoms with Gasteiger partial charge in [-0.2, -0.15) is 5.26 Å². The predicted octanol–water partition coefficient (Wildman–Crippen LogP) is 13.0. The molecule has 0 amide bonds. The van der Waals surface area contributed by atoms with Crippen molar-refractivity contribution >= 4 is 44.6 Å². The lowest BCUT2D eigenvalue weighted by Gasteiger charge is -2.45. The van der Waals surface area contributed by atoms with Crippen LogP contribution in [0.1, 0.15) is 27.8 Å². The molecular weight excluding hydrogens is 669 g/mol. The zero-order chi connectivity index (χ0) is 36.7. The smallest absolute Gasteiger partial charge is 0.194 e. The van der Waals surface area contributed by atoms with Crippen LogP contribution in [0.4, 0.5) is 22.7 Å². The summed E-state index contributed by atoms with van der Waals surface area (Å²) in [4.78, 5) is 6.33. The summed E-state index contributed by atoms with van der Waals surface area (Å²) < 4.78 is 2.33. The molecular formula is C51H30N4. The van der Waals surface area contributed by atoms with E-state index in [1.165, 1.54) is 44.2 Å². The summed E-state index contributed by atoms with van der Waals surface area (Å²) in [6.45, 7) is 8.15. The highest BCUT2D eigenvalue weighted by Gasteiger charge is 2.51. The molecule has 0 radical (unpaired) electrons. The zero-order valence-electron chi connectivity index (χ0n) is 29.6. The molecule has 55 heavy (non-hydrogen) atoms. The number of anilines is 3. The number of fused-ring (bicyclic) bond motifs is 12. The Morgan fingerprint density at radius 3 is 1.58 bits per heavy atom. The van der Waals surface area contributed by atoms with Gasteiger partial charge in [-0.05, 0) is 93.0 Å². The largest absolute Gasteiger partial charge is 0.310 e. The second kappa shape index (κ2) is 11.7. The van der Waals surface area contributed by atoms with Crippen molar-refractivity contribution < 1.29 is 0 Å². The van der Waals surface area contributed by atoms with Crippen molar-refractivity contribution in [1.29, 1.82) is 5.26 Å². The molecule has 254 valence electrons. The van der Waals surface area contributed by atoms with E-state index in [2.05, 4.69) is 184 Å². The number of nitriles is 1. The van der Waals surface area contributed by atoms with E-state index >= 15 is 0 Å². The quantitative estimate of drug-likeness (QED) is 0.172. The van der Waals surface area contributed by atoms with Crippen LogP contribution in [0, 0.1) is 17.9 Å². The molecule has 4 heteroatoms. The molecule has 8 aromatic carbocycles. The lowest BCUT2D eigenvalue weighted by atomic mass is 9.64. The number of nitrogens with zero attached hydrogens (tertiary/aromatic N) is 4. The Morgan fingerprint density at radius 1 is 0.491 bits per heavy atom. The van der Waals surface area contributed by atoms with Crippen molar-refractivity contribution in [2.24, 2.45) is 0 Å². The standard InChI is InChI=1S/C51H30N4/c1-53-46-27-26-33(32-52)28-41(46)34-29-35(54-47-22-10-4-16-39(47)40-17-5-11-23-48(40)54)31-36(30-34)55-49-24-12-8-20-44(49)51(45-21-9-13-25-50(45)55)42-18-6-2-14-37(42)38-15-3-7-19-43(38)51/h2-31H. The third kappa shape index (κ3) is 4.20. The van der Waals surface area contributed by atoms with E-state index in [9.17, 15) is 5.26 Å². The van der Waals surface area contributed by atoms with Crippen LogP contribution in [0.3, 0.4) is 0 Å². The van der Waals surface area contributed by atoms with Gasteiger partial charge in [0.2, 0.25) is 0 Å². The van der Waals surface area contributed by atoms with Gasteiger partial charge in [-0.15, -0.1) is 0 Å². The molecule has 1 aromatic heterocycles. The van der Waals surface area contributed by atoms with Crippen LogP contribution in [0.15, 0.2) is 182 Å². The molecule has 2 heterocycles. The topological polar surface area (TPSA) is 36.3 Å². The molecule has 1 aliphatic heterocycles. The van der Waals surface area contributed by atoms with Crippen molar-refractivity contribution in [2.75, 3.05) is 4.90 Å². The lowest BCUT2D eigenvalue weighted by molar-refractivity contribution is 0.752. The van der Waals surface area contributed by atoms with Crippen LogP contribution in [0.2, 0.25) is 0 Å². The van der Waals surface area contributed by atoms with E-state index in [0.717, 1.165) is 44.9 Å². The molecule has 0 unspecified atom stereocenters. The van der Waals surface area contributed by atoms with E-state index < -0.39 is 5.41 Å². The Kier molecular flexibility index (Phi) is 6.56. The van der Waals surface area contributed by atoms with Gasteiger partial charge < -0.3 is 9.47 Å². The summed E-state index contributed by atoms with van der Waals surface area (Å²) in [5.41, 5.74) is 15.9. The number of para-hydroxylation sites is 4. The summed E-state index contributed by atoms with van der Waals surface area (Å²) in [6, 6.07) is 66.7. The first-order valence-corrected chi connectivity index (χ1v) is 18.4. The molecule has 0 N–H and O–H groups in total. The second-order valence-electron chi connectivity index (χ2n) is 14.3. The van der Waals surface area contributed by atoms with Gasteiger partial charge in [0.15, 0.2) is 5.69 Å². The fraction of sp³-hybridized carbons (Fsp3) is 0.0196. The monoisotopic (exact) mass is 698 g/mol. The summed E-state index contributed by atoms with van der Waals surface area (Å²) in [6.07, 6.45) is 0. The van der Waals surface area contributed by atoms with E-state index in [1.807, 2.05) is 6.07 Å². The molecule has 9 aromatic rings. The van der Waals surface area contributed by atoms with Gasteiger partial charge in [-0.1, -0.05) is 133 Å². The van der Waals surface area contributed by atoms with Gasteiger partial charge in [-0.3, -0.25) is 0 Å².